The van der Waals surface area contributed by atoms with Gasteiger partial charge < -0.3 is 10.1 Å². The molecule has 0 spiro atoms. The number of benzene rings is 2. The Bertz CT molecular complexity index is 999. The number of thiazole rings is 1. The minimum absolute atomic E-state index is 0.106. The fraction of sp³-hybridized carbons (Fsp3) is 0.320. The molecule has 3 rings (SSSR count). The number of aromatic nitrogens is 1. The molecule has 1 aromatic heterocycles. The first-order valence-corrected chi connectivity index (χ1v) is 11.4. The van der Waals surface area contributed by atoms with Gasteiger partial charge >= 0.3 is 5.97 Å². The molecular weight excluding hydrogens is 408 g/mol. The van der Waals surface area contributed by atoms with E-state index in [2.05, 4.69) is 24.1 Å². The van der Waals surface area contributed by atoms with Gasteiger partial charge in [0.25, 0.3) is 0 Å². The van der Waals surface area contributed by atoms with E-state index in [-0.39, 0.29) is 36.7 Å². The Hall–Kier alpha value is -2.99. The summed E-state index contributed by atoms with van der Waals surface area (Å²) in [5.41, 5.74) is 3.53. The van der Waals surface area contributed by atoms with Crippen molar-refractivity contribution in [3.05, 3.63) is 81.8 Å². The molecule has 0 saturated heterocycles. The zero-order valence-electron chi connectivity index (χ0n) is 18.1. The van der Waals surface area contributed by atoms with E-state index >= 15 is 0 Å². The highest BCUT2D eigenvalue weighted by Gasteiger charge is 2.27. The van der Waals surface area contributed by atoms with Crippen molar-refractivity contribution in [3.8, 4) is 0 Å². The molecule has 5 nitrogen and oxygen atoms in total. The van der Waals surface area contributed by atoms with Gasteiger partial charge in [0.2, 0.25) is 5.91 Å². The monoisotopic (exact) mass is 436 g/mol. The average molecular weight is 437 g/mol. The lowest BCUT2D eigenvalue weighted by molar-refractivity contribution is -0.148. The highest BCUT2D eigenvalue weighted by molar-refractivity contribution is 7.09. The fourth-order valence-corrected chi connectivity index (χ4v) is 4.08. The number of rotatable bonds is 9. The quantitative estimate of drug-likeness (QED) is 0.449. The maximum Gasteiger partial charge on any atom is 0.314 e. The van der Waals surface area contributed by atoms with Gasteiger partial charge in [0.1, 0.15) is 11.6 Å². The first-order chi connectivity index (χ1) is 15.0. The third-order valence-electron chi connectivity index (χ3n) is 5.23. The molecule has 2 aromatic carbocycles. The number of carbonyl (C=O) groups excluding carboxylic acids is 2. The number of carbonyl (C=O) groups is 2. The van der Waals surface area contributed by atoms with Crippen LogP contribution in [0.4, 0.5) is 5.69 Å². The molecule has 0 bridgehead atoms. The second kappa shape index (κ2) is 10.9. The van der Waals surface area contributed by atoms with Crippen molar-refractivity contribution in [1.82, 2.24) is 4.98 Å². The number of amides is 1. The summed E-state index contributed by atoms with van der Waals surface area (Å²) in [6.45, 7) is 6.24. The predicted octanol–water partition coefficient (Wildman–Crippen LogP) is 5.51. The van der Waals surface area contributed by atoms with E-state index in [4.69, 9.17) is 4.74 Å². The van der Waals surface area contributed by atoms with Gasteiger partial charge in [-0.15, -0.1) is 11.3 Å². The van der Waals surface area contributed by atoms with Crippen LogP contribution in [-0.2, 0) is 27.4 Å². The van der Waals surface area contributed by atoms with Crippen molar-refractivity contribution in [2.45, 2.75) is 46.1 Å². The van der Waals surface area contributed by atoms with Gasteiger partial charge in [-0.2, -0.15) is 0 Å². The number of hydrogen-bond donors (Lipinski definition) is 1. The second-order valence-corrected chi connectivity index (χ2v) is 8.65. The third-order valence-corrected chi connectivity index (χ3v) is 6.13. The van der Waals surface area contributed by atoms with Gasteiger partial charge in [0, 0.05) is 11.1 Å². The number of nitrogens with one attached hydrogen (secondary N) is 1. The van der Waals surface area contributed by atoms with Crippen LogP contribution in [0, 0.1) is 12.8 Å². The van der Waals surface area contributed by atoms with Crippen molar-refractivity contribution in [2.24, 2.45) is 5.92 Å². The molecule has 1 heterocycles. The molecule has 1 amide bonds. The van der Waals surface area contributed by atoms with Crippen molar-refractivity contribution in [2.75, 3.05) is 5.32 Å². The molecule has 6 heteroatoms. The smallest absolute Gasteiger partial charge is 0.314 e. The molecule has 0 fully saturated rings. The number of aryl methyl sites for hydroxylation is 1. The predicted molar refractivity (Wildman–Crippen MR) is 124 cm³/mol. The minimum Gasteiger partial charge on any atom is -0.459 e. The molecule has 0 aliphatic heterocycles. The Morgan fingerprint density at radius 3 is 2.48 bits per heavy atom. The summed E-state index contributed by atoms with van der Waals surface area (Å²) < 4.78 is 5.60. The van der Waals surface area contributed by atoms with Gasteiger partial charge in [0.15, 0.2) is 0 Å². The van der Waals surface area contributed by atoms with E-state index < -0.39 is 0 Å². The zero-order valence-corrected chi connectivity index (χ0v) is 18.9. The molecule has 0 aliphatic rings. The number of esters is 1. The highest BCUT2D eigenvalue weighted by atomic mass is 32.1. The molecule has 3 aromatic rings. The van der Waals surface area contributed by atoms with E-state index in [0.717, 1.165) is 23.2 Å². The summed E-state index contributed by atoms with van der Waals surface area (Å²) >= 11 is 1.39. The zero-order chi connectivity index (χ0) is 22.2. The standard InChI is InChI=1S/C25H28N2O3S/c1-4-18(3)24(19-8-6-5-7-9-19)25(29)30-15-21-16-31-23(27-21)14-22(28)26-20-12-10-17(2)11-13-20/h5-13,16,18,24H,4,14-15H2,1-3H3,(H,26,28). The molecule has 1 N–H and O–H groups in total. The van der Waals surface area contributed by atoms with Crippen LogP contribution in [0.15, 0.2) is 60.0 Å². The summed E-state index contributed by atoms with van der Waals surface area (Å²) in [6, 6.07) is 17.4. The molecule has 0 radical (unpaired) electrons. The van der Waals surface area contributed by atoms with Gasteiger partial charge in [-0.1, -0.05) is 68.3 Å². The van der Waals surface area contributed by atoms with Gasteiger partial charge in [-0.05, 0) is 30.5 Å². The van der Waals surface area contributed by atoms with Gasteiger partial charge in [0.05, 0.1) is 18.0 Å². The van der Waals surface area contributed by atoms with Crippen LogP contribution in [0.3, 0.4) is 0 Å². The second-order valence-electron chi connectivity index (χ2n) is 7.71. The SMILES string of the molecule is CCC(C)C(C(=O)OCc1csc(CC(=O)Nc2ccc(C)cc2)n1)c1ccccc1. The van der Waals surface area contributed by atoms with Gasteiger partial charge in [-0.3, -0.25) is 9.59 Å². The van der Waals surface area contributed by atoms with Crippen LogP contribution in [-0.4, -0.2) is 16.9 Å². The largest absolute Gasteiger partial charge is 0.459 e. The Labute approximate surface area is 187 Å². The number of ether oxygens (including phenoxy) is 1. The van der Waals surface area contributed by atoms with Crippen LogP contribution >= 0.6 is 11.3 Å². The Balaban J connectivity index is 1.55. The molecule has 31 heavy (non-hydrogen) atoms. The van der Waals surface area contributed by atoms with Crippen LogP contribution < -0.4 is 5.32 Å². The first kappa shape index (κ1) is 22.7. The maximum atomic E-state index is 12.8. The lowest BCUT2D eigenvalue weighted by atomic mass is 9.86. The maximum absolute atomic E-state index is 12.8. The van der Waals surface area contributed by atoms with Crippen LogP contribution in [0.2, 0.25) is 0 Å². The van der Waals surface area contributed by atoms with Crippen LogP contribution in [0.5, 0.6) is 0 Å². The van der Waals surface area contributed by atoms with E-state index in [0.29, 0.717) is 10.7 Å². The molecule has 162 valence electrons. The van der Waals surface area contributed by atoms with Crippen molar-refractivity contribution < 1.29 is 14.3 Å². The Morgan fingerprint density at radius 2 is 1.81 bits per heavy atom. The lowest BCUT2D eigenvalue weighted by Gasteiger charge is -2.21. The third kappa shape index (κ3) is 6.49. The molecule has 2 unspecified atom stereocenters. The molecule has 0 aliphatic carbocycles. The minimum atomic E-state index is -0.301. The lowest BCUT2D eigenvalue weighted by Crippen LogP contribution is -2.22. The van der Waals surface area contributed by atoms with Crippen molar-refractivity contribution in [3.63, 3.8) is 0 Å². The number of nitrogens with zero attached hydrogens (tertiary/aromatic N) is 1. The van der Waals surface area contributed by atoms with Gasteiger partial charge in [-0.25, -0.2) is 4.98 Å². The molecular formula is C25H28N2O3S. The molecule has 0 saturated carbocycles. The summed E-state index contributed by atoms with van der Waals surface area (Å²) in [7, 11) is 0. The normalized spacial score (nSPS) is 12.7. The summed E-state index contributed by atoms with van der Waals surface area (Å²) in [6.07, 6.45) is 1.07. The average Bonchev–Trinajstić information content (AvgIpc) is 3.21. The fourth-order valence-electron chi connectivity index (χ4n) is 3.30. The van der Waals surface area contributed by atoms with E-state index in [9.17, 15) is 9.59 Å². The summed E-state index contributed by atoms with van der Waals surface area (Å²) in [5, 5.41) is 5.40. The Morgan fingerprint density at radius 1 is 1.10 bits per heavy atom. The number of hydrogen-bond acceptors (Lipinski definition) is 5. The van der Waals surface area contributed by atoms with Crippen LogP contribution in [0.25, 0.3) is 0 Å². The van der Waals surface area contributed by atoms with Crippen molar-refractivity contribution in [1.29, 1.82) is 0 Å². The topological polar surface area (TPSA) is 68.3 Å². The van der Waals surface area contributed by atoms with E-state index in [1.807, 2.05) is 66.9 Å². The van der Waals surface area contributed by atoms with E-state index in [1.54, 1.807) is 0 Å². The molecule has 2 atom stereocenters. The van der Waals surface area contributed by atoms with Crippen LogP contribution in [0.1, 0.15) is 48.0 Å². The first-order valence-electron chi connectivity index (χ1n) is 10.5. The van der Waals surface area contributed by atoms with Crippen molar-refractivity contribution >= 4 is 28.9 Å². The van der Waals surface area contributed by atoms with E-state index in [1.165, 1.54) is 11.3 Å². The highest BCUT2D eigenvalue weighted by Crippen LogP contribution is 2.28. The Kier molecular flexibility index (Phi) is 7.95. The summed E-state index contributed by atoms with van der Waals surface area (Å²) in [4.78, 5) is 29.5. The number of anilines is 1. The summed E-state index contributed by atoms with van der Waals surface area (Å²) in [5.74, 6) is -0.495.